The van der Waals surface area contributed by atoms with Crippen LogP contribution in [0.3, 0.4) is 0 Å². The van der Waals surface area contributed by atoms with E-state index in [4.69, 9.17) is 0 Å². The Morgan fingerprint density at radius 1 is 1.12 bits per heavy atom. The Bertz CT molecular complexity index is 278. The third-order valence-electron chi connectivity index (χ3n) is 3.19. The maximum atomic E-state index is 3.40. The van der Waals surface area contributed by atoms with Crippen molar-refractivity contribution >= 4 is 0 Å². The lowest BCUT2D eigenvalue weighted by Gasteiger charge is -2.23. The van der Waals surface area contributed by atoms with Gasteiger partial charge in [0.15, 0.2) is 0 Å². The molecular weight excluding hydrogens is 208 g/mol. The van der Waals surface area contributed by atoms with Gasteiger partial charge < -0.3 is 10.2 Å². The number of likely N-dealkylation sites (N-methyl/N-ethyl adjacent to an activating group) is 1. The first-order valence-corrected chi connectivity index (χ1v) is 6.84. The fraction of sp³-hybridized carbons (Fsp3) is 0.600. The van der Waals surface area contributed by atoms with Crippen LogP contribution in [0.15, 0.2) is 30.3 Å². The van der Waals surface area contributed by atoms with Crippen LogP contribution in [0, 0.1) is 0 Å². The number of likely N-dealkylation sites (tertiary alicyclic amines) is 1. The van der Waals surface area contributed by atoms with Gasteiger partial charge in [-0.15, -0.1) is 0 Å². The van der Waals surface area contributed by atoms with E-state index in [1.54, 1.807) is 0 Å². The molecule has 17 heavy (non-hydrogen) atoms. The van der Waals surface area contributed by atoms with E-state index in [2.05, 4.69) is 40.5 Å². The van der Waals surface area contributed by atoms with Gasteiger partial charge in [-0.3, -0.25) is 0 Å². The minimum atomic E-state index is 0.476. The van der Waals surface area contributed by atoms with Gasteiger partial charge in [-0.1, -0.05) is 44.2 Å². The van der Waals surface area contributed by atoms with E-state index >= 15 is 0 Å². The monoisotopic (exact) mass is 234 g/mol. The van der Waals surface area contributed by atoms with E-state index in [0.29, 0.717) is 6.04 Å². The van der Waals surface area contributed by atoms with Crippen molar-refractivity contribution in [3.8, 4) is 0 Å². The van der Waals surface area contributed by atoms with Crippen molar-refractivity contribution in [2.75, 3.05) is 26.7 Å². The maximum Gasteiger partial charge on any atom is 0.0446 e. The molecule has 0 radical (unpaired) electrons. The number of benzene rings is 1. The second kappa shape index (κ2) is 8.26. The summed E-state index contributed by atoms with van der Waals surface area (Å²) >= 11 is 0. The molecule has 1 heterocycles. The zero-order valence-corrected chi connectivity index (χ0v) is 11.4. The predicted octanol–water partition coefficient (Wildman–Crippen LogP) is 3.07. The molecule has 2 rings (SSSR count). The second-order valence-corrected chi connectivity index (χ2v) is 4.26. The number of nitrogens with zero attached hydrogens (tertiary/aromatic N) is 1. The van der Waals surface area contributed by atoms with Gasteiger partial charge in [0, 0.05) is 12.6 Å². The molecule has 2 nitrogen and oxygen atoms in total. The summed E-state index contributed by atoms with van der Waals surface area (Å²) in [6, 6.07) is 11.2. The van der Waals surface area contributed by atoms with Gasteiger partial charge in [0.2, 0.25) is 0 Å². The van der Waals surface area contributed by atoms with Crippen molar-refractivity contribution in [1.82, 2.24) is 10.2 Å². The summed E-state index contributed by atoms with van der Waals surface area (Å²) in [6.07, 6.45) is 2.73. The minimum absolute atomic E-state index is 0.476. The van der Waals surface area contributed by atoms with Crippen molar-refractivity contribution in [2.45, 2.75) is 32.7 Å². The maximum absolute atomic E-state index is 3.40. The second-order valence-electron chi connectivity index (χ2n) is 4.26. The Balaban J connectivity index is 0.000000686. The summed E-state index contributed by atoms with van der Waals surface area (Å²) in [5.41, 5.74) is 1.40. The normalized spacial score (nSPS) is 17.4. The molecule has 1 aliphatic rings. The van der Waals surface area contributed by atoms with Crippen molar-refractivity contribution in [2.24, 2.45) is 0 Å². The summed E-state index contributed by atoms with van der Waals surface area (Å²) in [5.74, 6) is 0. The van der Waals surface area contributed by atoms with Crippen molar-refractivity contribution in [3.63, 3.8) is 0 Å². The number of nitrogens with one attached hydrogen (secondary N) is 1. The van der Waals surface area contributed by atoms with Crippen LogP contribution >= 0.6 is 0 Å². The third kappa shape index (κ3) is 4.49. The average Bonchev–Trinajstić information content (AvgIpc) is 2.92. The van der Waals surface area contributed by atoms with Gasteiger partial charge in [-0.2, -0.15) is 0 Å². The highest BCUT2D eigenvalue weighted by molar-refractivity contribution is 5.19. The van der Waals surface area contributed by atoms with Crippen LogP contribution in [0.1, 0.15) is 38.3 Å². The zero-order valence-electron chi connectivity index (χ0n) is 11.4. The standard InChI is InChI=1S/C13H20N2.C2H6/c1-14-13(11-15-9-5-6-10-15)12-7-3-2-4-8-12;1-2/h2-4,7-8,13-14H,5-6,9-11H2,1H3;1-2H3/t13-;/m1./s1. The Hall–Kier alpha value is -0.860. The molecule has 0 aliphatic carbocycles. The fourth-order valence-electron chi connectivity index (χ4n) is 2.27. The zero-order chi connectivity index (χ0) is 12.5. The molecule has 0 amide bonds. The number of hydrogen-bond acceptors (Lipinski definition) is 2. The number of rotatable bonds is 4. The van der Waals surface area contributed by atoms with E-state index in [1.165, 1.54) is 31.5 Å². The molecule has 1 fully saturated rings. The summed E-state index contributed by atoms with van der Waals surface area (Å²) in [4.78, 5) is 2.55. The molecule has 2 heteroatoms. The first-order valence-electron chi connectivity index (χ1n) is 6.84. The lowest BCUT2D eigenvalue weighted by atomic mass is 10.1. The quantitative estimate of drug-likeness (QED) is 0.861. The van der Waals surface area contributed by atoms with Crippen LogP contribution in [0.4, 0.5) is 0 Å². The smallest absolute Gasteiger partial charge is 0.0446 e. The summed E-state index contributed by atoms with van der Waals surface area (Å²) < 4.78 is 0. The van der Waals surface area contributed by atoms with Crippen molar-refractivity contribution < 1.29 is 0 Å². The third-order valence-corrected chi connectivity index (χ3v) is 3.19. The molecule has 0 bridgehead atoms. The minimum Gasteiger partial charge on any atom is -0.312 e. The summed E-state index contributed by atoms with van der Waals surface area (Å²) in [6.45, 7) is 7.68. The molecular formula is C15H26N2. The predicted molar refractivity (Wildman–Crippen MR) is 75.3 cm³/mol. The first-order chi connectivity index (χ1) is 8.40. The van der Waals surface area contributed by atoms with Crippen molar-refractivity contribution in [3.05, 3.63) is 35.9 Å². The fourth-order valence-corrected chi connectivity index (χ4v) is 2.27. The van der Waals surface area contributed by atoms with E-state index in [1.807, 2.05) is 20.9 Å². The van der Waals surface area contributed by atoms with Gasteiger partial charge in [-0.25, -0.2) is 0 Å². The van der Waals surface area contributed by atoms with Gasteiger partial charge in [0.1, 0.15) is 0 Å². The van der Waals surface area contributed by atoms with Gasteiger partial charge in [-0.05, 0) is 38.5 Å². The van der Waals surface area contributed by atoms with Crippen LogP contribution in [-0.2, 0) is 0 Å². The van der Waals surface area contributed by atoms with E-state index < -0.39 is 0 Å². The first kappa shape index (κ1) is 14.2. The molecule has 1 N–H and O–H groups in total. The molecule has 1 atom stereocenters. The average molecular weight is 234 g/mol. The molecule has 1 aromatic carbocycles. The molecule has 0 saturated carbocycles. The Kier molecular flexibility index (Phi) is 6.90. The van der Waals surface area contributed by atoms with Crippen LogP contribution in [-0.4, -0.2) is 31.6 Å². The van der Waals surface area contributed by atoms with Crippen LogP contribution in [0.5, 0.6) is 0 Å². The highest BCUT2D eigenvalue weighted by Gasteiger charge is 2.17. The van der Waals surface area contributed by atoms with E-state index in [0.717, 1.165) is 6.54 Å². The van der Waals surface area contributed by atoms with Gasteiger partial charge in [0.25, 0.3) is 0 Å². The molecule has 1 aliphatic heterocycles. The van der Waals surface area contributed by atoms with E-state index in [9.17, 15) is 0 Å². The Labute approximate surface area is 106 Å². The highest BCUT2D eigenvalue weighted by Crippen LogP contribution is 2.16. The summed E-state index contributed by atoms with van der Waals surface area (Å²) in [5, 5.41) is 3.40. The van der Waals surface area contributed by atoms with Crippen LogP contribution in [0.2, 0.25) is 0 Å². The van der Waals surface area contributed by atoms with Crippen LogP contribution < -0.4 is 5.32 Å². The number of hydrogen-bond donors (Lipinski definition) is 1. The molecule has 0 aromatic heterocycles. The summed E-state index contributed by atoms with van der Waals surface area (Å²) in [7, 11) is 2.05. The Morgan fingerprint density at radius 2 is 1.71 bits per heavy atom. The highest BCUT2D eigenvalue weighted by atomic mass is 15.2. The molecule has 0 unspecified atom stereocenters. The lowest BCUT2D eigenvalue weighted by Crippen LogP contribution is -2.31. The molecule has 96 valence electrons. The lowest BCUT2D eigenvalue weighted by molar-refractivity contribution is 0.299. The topological polar surface area (TPSA) is 15.3 Å². The molecule has 0 spiro atoms. The van der Waals surface area contributed by atoms with Crippen molar-refractivity contribution in [1.29, 1.82) is 0 Å². The van der Waals surface area contributed by atoms with Gasteiger partial charge in [0.05, 0.1) is 0 Å². The van der Waals surface area contributed by atoms with Gasteiger partial charge >= 0.3 is 0 Å². The molecule has 1 saturated heterocycles. The largest absolute Gasteiger partial charge is 0.312 e. The molecule has 1 aromatic rings. The van der Waals surface area contributed by atoms with E-state index in [-0.39, 0.29) is 0 Å². The van der Waals surface area contributed by atoms with Crippen LogP contribution in [0.25, 0.3) is 0 Å². The SMILES string of the molecule is CC.CN[C@H](CN1CCCC1)c1ccccc1. The Morgan fingerprint density at radius 3 is 2.24 bits per heavy atom.